The Labute approximate surface area is 104 Å². The molecule has 1 aliphatic rings. The molecule has 2 aromatic rings. The lowest BCUT2D eigenvalue weighted by Gasteiger charge is -2.09. The lowest BCUT2D eigenvalue weighted by molar-refractivity contribution is 0.790. The van der Waals surface area contributed by atoms with Crippen molar-refractivity contribution in [2.24, 2.45) is 0 Å². The van der Waals surface area contributed by atoms with E-state index in [0.717, 1.165) is 18.5 Å². The average Bonchev–Trinajstić information content (AvgIpc) is 2.88. The summed E-state index contributed by atoms with van der Waals surface area (Å²) < 4.78 is 0. The van der Waals surface area contributed by atoms with Crippen molar-refractivity contribution in [2.45, 2.75) is 18.8 Å². The third-order valence-corrected chi connectivity index (χ3v) is 4.21. The third kappa shape index (κ3) is 1.69. The molecular formula is C13H11N3S. The van der Waals surface area contributed by atoms with Crippen molar-refractivity contribution in [3.05, 3.63) is 46.0 Å². The zero-order chi connectivity index (χ0) is 11.8. The zero-order valence-corrected chi connectivity index (χ0v) is 10.00. The molecule has 0 bridgehead atoms. The molecule has 1 aromatic heterocycles. The van der Waals surface area contributed by atoms with Crippen LogP contribution in [0.25, 0.3) is 0 Å². The average molecular weight is 241 g/mol. The van der Waals surface area contributed by atoms with Crippen LogP contribution >= 0.6 is 11.3 Å². The normalized spacial score (nSPS) is 17.7. The molecule has 0 aliphatic heterocycles. The Morgan fingerprint density at radius 3 is 2.82 bits per heavy atom. The first-order valence-corrected chi connectivity index (χ1v) is 6.34. The second-order valence-electron chi connectivity index (χ2n) is 4.19. The van der Waals surface area contributed by atoms with Crippen LogP contribution in [0.15, 0.2) is 24.3 Å². The van der Waals surface area contributed by atoms with Crippen LogP contribution in [0.5, 0.6) is 0 Å². The number of fused-ring (bicyclic) bond motifs is 1. The van der Waals surface area contributed by atoms with E-state index in [4.69, 9.17) is 11.0 Å². The Kier molecular flexibility index (Phi) is 2.34. The summed E-state index contributed by atoms with van der Waals surface area (Å²) in [6.45, 7) is 0. The van der Waals surface area contributed by atoms with Gasteiger partial charge in [-0.05, 0) is 30.5 Å². The van der Waals surface area contributed by atoms with Crippen LogP contribution in [-0.2, 0) is 6.42 Å². The van der Waals surface area contributed by atoms with Gasteiger partial charge in [-0.1, -0.05) is 12.1 Å². The predicted octanol–water partition coefficient (Wildman–Crippen LogP) is 2.68. The molecular weight excluding hydrogens is 230 g/mol. The molecule has 17 heavy (non-hydrogen) atoms. The molecule has 1 heterocycles. The van der Waals surface area contributed by atoms with Gasteiger partial charge in [-0.2, -0.15) is 5.26 Å². The molecule has 1 atom stereocenters. The second-order valence-corrected chi connectivity index (χ2v) is 5.25. The summed E-state index contributed by atoms with van der Waals surface area (Å²) in [5.41, 5.74) is 8.85. The monoisotopic (exact) mass is 241 g/mol. The Hall–Kier alpha value is -1.86. The number of nitriles is 1. The van der Waals surface area contributed by atoms with Gasteiger partial charge in [-0.25, -0.2) is 4.98 Å². The maximum atomic E-state index is 8.78. The number of nitrogens with two attached hydrogens (primary N) is 1. The highest BCUT2D eigenvalue weighted by molar-refractivity contribution is 7.15. The van der Waals surface area contributed by atoms with Crippen LogP contribution in [0, 0.1) is 11.3 Å². The number of anilines is 1. The summed E-state index contributed by atoms with van der Waals surface area (Å²) in [6, 6.07) is 9.96. The Bertz CT molecular complexity index is 592. The molecule has 2 N–H and O–H groups in total. The van der Waals surface area contributed by atoms with E-state index in [2.05, 4.69) is 11.1 Å². The van der Waals surface area contributed by atoms with Gasteiger partial charge in [0.25, 0.3) is 0 Å². The number of aryl methyl sites for hydroxylation is 1. The number of nitrogens with zero attached hydrogens (tertiary/aromatic N) is 2. The van der Waals surface area contributed by atoms with E-state index < -0.39 is 0 Å². The molecule has 0 saturated heterocycles. The number of benzene rings is 1. The first kappa shape index (κ1) is 10.3. The summed E-state index contributed by atoms with van der Waals surface area (Å²) in [5.74, 6) is 0.410. The third-order valence-electron chi connectivity index (χ3n) is 3.17. The molecule has 0 spiro atoms. The summed E-state index contributed by atoms with van der Waals surface area (Å²) in [7, 11) is 0. The van der Waals surface area contributed by atoms with E-state index in [1.54, 1.807) is 11.3 Å². The predicted molar refractivity (Wildman–Crippen MR) is 67.8 cm³/mol. The lowest BCUT2D eigenvalue weighted by atomic mass is 9.97. The fourth-order valence-corrected chi connectivity index (χ4v) is 3.40. The minimum atomic E-state index is 0.410. The van der Waals surface area contributed by atoms with Gasteiger partial charge in [0.1, 0.15) is 0 Å². The number of nitrogen functional groups attached to an aromatic ring is 1. The Balaban J connectivity index is 1.98. The van der Waals surface area contributed by atoms with Crippen molar-refractivity contribution in [3.8, 4) is 6.07 Å². The summed E-state index contributed by atoms with van der Waals surface area (Å²) in [6.07, 6.45) is 2.11. The first-order chi connectivity index (χ1) is 8.28. The van der Waals surface area contributed by atoms with E-state index in [9.17, 15) is 0 Å². The fourth-order valence-electron chi connectivity index (χ4n) is 2.35. The van der Waals surface area contributed by atoms with Crippen molar-refractivity contribution in [1.82, 2.24) is 4.98 Å². The fraction of sp³-hybridized carbons (Fsp3) is 0.231. The molecule has 4 heteroatoms. The quantitative estimate of drug-likeness (QED) is 0.834. The van der Waals surface area contributed by atoms with Crippen LogP contribution < -0.4 is 5.73 Å². The van der Waals surface area contributed by atoms with Gasteiger partial charge in [-0.15, -0.1) is 11.3 Å². The number of aromatic nitrogens is 1. The maximum Gasteiger partial charge on any atom is 0.180 e. The highest BCUT2D eigenvalue weighted by atomic mass is 32.1. The van der Waals surface area contributed by atoms with Gasteiger partial charge in [-0.3, -0.25) is 0 Å². The van der Waals surface area contributed by atoms with Crippen LogP contribution in [0.2, 0.25) is 0 Å². The van der Waals surface area contributed by atoms with Gasteiger partial charge >= 0.3 is 0 Å². The maximum absolute atomic E-state index is 8.78. The second kappa shape index (κ2) is 3.86. The van der Waals surface area contributed by atoms with E-state index in [0.29, 0.717) is 16.6 Å². The smallest absolute Gasteiger partial charge is 0.180 e. The van der Waals surface area contributed by atoms with Crippen LogP contribution in [0.3, 0.4) is 0 Å². The van der Waals surface area contributed by atoms with Crippen LogP contribution in [-0.4, -0.2) is 4.98 Å². The summed E-state index contributed by atoms with van der Waals surface area (Å²) in [4.78, 5) is 5.64. The van der Waals surface area contributed by atoms with E-state index >= 15 is 0 Å². The highest BCUT2D eigenvalue weighted by Crippen LogP contribution is 2.42. The Morgan fingerprint density at radius 2 is 2.12 bits per heavy atom. The van der Waals surface area contributed by atoms with Crippen LogP contribution in [0.4, 0.5) is 5.13 Å². The largest absolute Gasteiger partial charge is 0.375 e. The van der Waals surface area contributed by atoms with E-state index in [-0.39, 0.29) is 0 Å². The number of hydrogen-bond acceptors (Lipinski definition) is 4. The molecule has 84 valence electrons. The van der Waals surface area contributed by atoms with Gasteiger partial charge in [0.05, 0.1) is 17.3 Å². The molecule has 0 radical (unpaired) electrons. The zero-order valence-electron chi connectivity index (χ0n) is 9.18. The minimum absolute atomic E-state index is 0.410. The first-order valence-electron chi connectivity index (χ1n) is 5.53. The lowest BCUT2D eigenvalue weighted by Crippen LogP contribution is -1.94. The number of hydrogen-bond donors (Lipinski definition) is 1. The minimum Gasteiger partial charge on any atom is -0.375 e. The van der Waals surface area contributed by atoms with Crippen molar-refractivity contribution < 1.29 is 0 Å². The van der Waals surface area contributed by atoms with Gasteiger partial charge in [0.2, 0.25) is 0 Å². The van der Waals surface area contributed by atoms with Gasteiger partial charge in [0.15, 0.2) is 5.13 Å². The topological polar surface area (TPSA) is 62.7 Å². The highest BCUT2D eigenvalue weighted by Gasteiger charge is 2.27. The summed E-state index contributed by atoms with van der Waals surface area (Å²) in [5, 5.41) is 9.44. The molecule has 0 amide bonds. The van der Waals surface area contributed by atoms with E-state index in [1.807, 2.05) is 24.3 Å². The van der Waals surface area contributed by atoms with Crippen LogP contribution in [0.1, 0.15) is 34.0 Å². The van der Waals surface area contributed by atoms with Crippen molar-refractivity contribution in [3.63, 3.8) is 0 Å². The summed E-state index contributed by atoms with van der Waals surface area (Å²) >= 11 is 1.59. The molecule has 3 rings (SSSR count). The van der Waals surface area contributed by atoms with E-state index in [1.165, 1.54) is 10.4 Å². The molecule has 1 unspecified atom stereocenters. The molecule has 0 saturated carbocycles. The van der Waals surface area contributed by atoms with Gasteiger partial charge in [0, 0.05) is 10.8 Å². The molecule has 1 aromatic carbocycles. The molecule has 1 aliphatic carbocycles. The van der Waals surface area contributed by atoms with Crippen molar-refractivity contribution >= 4 is 16.5 Å². The molecule has 3 nitrogen and oxygen atoms in total. The number of thiazole rings is 1. The molecule has 0 fully saturated rings. The van der Waals surface area contributed by atoms with Gasteiger partial charge < -0.3 is 5.73 Å². The van der Waals surface area contributed by atoms with Crippen molar-refractivity contribution in [2.75, 3.05) is 5.73 Å². The SMILES string of the molecule is N#Cc1ccc(C2CCc3nc(N)sc32)cc1. The Morgan fingerprint density at radius 1 is 1.35 bits per heavy atom. The van der Waals surface area contributed by atoms with Crippen molar-refractivity contribution in [1.29, 1.82) is 5.26 Å². The standard InChI is InChI=1S/C13H11N3S/c14-7-8-1-3-9(4-2-8)10-5-6-11-12(10)17-13(15)16-11/h1-4,10H,5-6H2,(H2,15,16). The number of rotatable bonds is 1.